The minimum absolute atomic E-state index is 0.107. The molecule has 0 saturated heterocycles. The molecule has 1 saturated carbocycles. The topological polar surface area (TPSA) is 72.2 Å². The van der Waals surface area contributed by atoms with Crippen LogP contribution < -0.4 is 10.5 Å². The van der Waals surface area contributed by atoms with E-state index in [9.17, 15) is 12.8 Å². The van der Waals surface area contributed by atoms with Crippen LogP contribution in [0.3, 0.4) is 0 Å². The van der Waals surface area contributed by atoms with Crippen LogP contribution in [0.25, 0.3) is 0 Å². The first-order valence-electron chi connectivity index (χ1n) is 6.67. The van der Waals surface area contributed by atoms with E-state index in [2.05, 4.69) is 4.72 Å². The molecule has 0 radical (unpaired) electrons. The number of halogens is 3. The van der Waals surface area contributed by atoms with E-state index in [1.807, 2.05) is 0 Å². The van der Waals surface area contributed by atoms with Crippen molar-refractivity contribution in [2.75, 3.05) is 6.54 Å². The molecular formula is C13H17Cl2FN2O2S. The maximum atomic E-state index is 13.6. The molecule has 0 aliphatic heterocycles. The van der Waals surface area contributed by atoms with E-state index in [0.717, 1.165) is 38.2 Å². The molecule has 0 bridgehead atoms. The SMILES string of the molecule is NC1(CNS(=O)(=O)c2ccc(Cl)c(F)c2Cl)CCCCC1. The molecule has 1 fully saturated rings. The number of nitrogens with two attached hydrogens (primary N) is 1. The number of hydrogen-bond donors (Lipinski definition) is 2. The molecule has 21 heavy (non-hydrogen) atoms. The normalized spacial score (nSPS) is 18.7. The van der Waals surface area contributed by atoms with Gasteiger partial charge in [-0.1, -0.05) is 42.5 Å². The summed E-state index contributed by atoms with van der Waals surface area (Å²) < 4.78 is 40.5. The molecule has 0 heterocycles. The van der Waals surface area contributed by atoms with Gasteiger partial charge in [-0.2, -0.15) is 0 Å². The molecule has 1 aliphatic rings. The summed E-state index contributed by atoms with van der Waals surface area (Å²) in [5.74, 6) is -0.943. The number of sulfonamides is 1. The first-order chi connectivity index (χ1) is 9.75. The van der Waals surface area contributed by atoms with Crippen LogP contribution in [0.2, 0.25) is 10.0 Å². The van der Waals surface area contributed by atoms with Crippen LogP contribution in [0, 0.1) is 5.82 Å². The van der Waals surface area contributed by atoms with E-state index < -0.39 is 26.4 Å². The van der Waals surface area contributed by atoms with Crippen LogP contribution in [-0.4, -0.2) is 20.5 Å². The Hall–Kier alpha value is -0.400. The van der Waals surface area contributed by atoms with E-state index in [-0.39, 0.29) is 16.5 Å². The fraction of sp³-hybridized carbons (Fsp3) is 0.538. The molecule has 1 aromatic carbocycles. The molecule has 8 heteroatoms. The number of hydrogen-bond acceptors (Lipinski definition) is 3. The van der Waals surface area contributed by atoms with Gasteiger partial charge in [-0.05, 0) is 25.0 Å². The lowest BCUT2D eigenvalue weighted by Gasteiger charge is -2.33. The molecule has 0 atom stereocenters. The number of rotatable bonds is 4. The van der Waals surface area contributed by atoms with E-state index >= 15 is 0 Å². The van der Waals surface area contributed by atoms with Gasteiger partial charge >= 0.3 is 0 Å². The van der Waals surface area contributed by atoms with E-state index in [1.165, 1.54) is 6.07 Å². The smallest absolute Gasteiger partial charge is 0.242 e. The monoisotopic (exact) mass is 354 g/mol. The second-order valence-corrected chi connectivity index (χ2v) is 7.94. The minimum atomic E-state index is -3.93. The first kappa shape index (κ1) is 17.0. The lowest BCUT2D eigenvalue weighted by atomic mass is 9.83. The Bertz CT molecular complexity index is 631. The highest BCUT2D eigenvalue weighted by Gasteiger charge is 2.30. The van der Waals surface area contributed by atoms with E-state index in [4.69, 9.17) is 28.9 Å². The van der Waals surface area contributed by atoms with Crippen LogP contribution >= 0.6 is 23.2 Å². The second-order valence-electron chi connectivity index (χ2n) is 5.42. The summed E-state index contributed by atoms with van der Waals surface area (Å²) in [5.41, 5.74) is 5.63. The summed E-state index contributed by atoms with van der Waals surface area (Å²) in [6.45, 7) is 0.107. The molecule has 0 spiro atoms. The lowest BCUT2D eigenvalue weighted by molar-refractivity contribution is 0.296. The predicted molar refractivity (Wildman–Crippen MR) is 81.6 cm³/mol. The second kappa shape index (κ2) is 6.38. The number of benzene rings is 1. The van der Waals surface area contributed by atoms with Crippen LogP contribution in [0.1, 0.15) is 32.1 Å². The third-order valence-electron chi connectivity index (χ3n) is 3.75. The summed E-state index contributed by atoms with van der Waals surface area (Å²) in [6.07, 6.45) is 4.60. The first-order valence-corrected chi connectivity index (χ1v) is 8.91. The van der Waals surface area contributed by atoms with E-state index in [0.29, 0.717) is 0 Å². The van der Waals surface area contributed by atoms with Gasteiger partial charge in [0.05, 0.1) is 10.0 Å². The van der Waals surface area contributed by atoms with Crippen LogP contribution in [-0.2, 0) is 10.0 Å². The zero-order valence-electron chi connectivity index (χ0n) is 11.3. The Morgan fingerprint density at radius 3 is 2.48 bits per heavy atom. The highest BCUT2D eigenvalue weighted by molar-refractivity contribution is 7.89. The van der Waals surface area contributed by atoms with Crippen molar-refractivity contribution in [1.82, 2.24) is 4.72 Å². The van der Waals surface area contributed by atoms with Crippen molar-refractivity contribution in [2.45, 2.75) is 42.5 Å². The summed E-state index contributed by atoms with van der Waals surface area (Å²) >= 11 is 11.3. The molecule has 1 aliphatic carbocycles. The Morgan fingerprint density at radius 2 is 1.86 bits per heavy atom. The van der Waals surface area contributed by atoms with Gasteiger partial charge in [0.15, 0.2) is 5.82 Å². The zero-order valence-corrected chi connectivity index (χ0v) is 13.7. The summed E-state index contributed by atoms with van der Waals surface area (Å²) in [4.78, 5) is -0.328. The van der Waals surface area contributed by atoms with Crippen LogP contribution in [0.5, 0.6) is 0 Å². The fourth-order valence-electron chi connectivity index (χ4n) is 2.46. The molecule has 4 nitrogen and oxygen atoms in total. The molecule has 2 rings (SSSR count). The van der Waals surface area contributed by atoms with Crippen molar-refractivity contribution in [2.24, 2.45) is 5.73 Å². The van der Waals surface area contributed by atoms with Crippen molar-refractivity contribution < 1.29 is 12.8 Å². The lowest BCUT2D eigenvalue weighted by Crippen LogP contribution is -2.51. The van der Waals surface area contributed by atoms with Crippen molar-refractivity contribution in [3.8, 4) is 0 Å². The maximum Gasteiger partial charge on any atom is 0.242 e. The average Bonchev–Trinajstić information content (AvgIpc) is 2.44. The zero-order chi connectivity index (χ0) is 15.7. The molecule has 0 amide bonds. The fourth-order valence-corrected chi connectivity index (χ4v) is 4.35. The Kier molecular flexibility index (Phi) is 5.15. The van der Waals surface area contributed by atoms with Gasteiger partial charge in [0, 0.05) is 12.1 Å². The third-order valence-corrected chi connectivity index (χ3v) is 5.97. The Balaban J connectivity index is 2.17. The quantitative estimate of drug-likeness (QED) is 0.816. The summed E-state index contributed by atoms with van der Waals surface area (Å²) in [5, 5.41) is -0.730. The molecule has 1 aromatic rings. The largest absolute Gasteiger partial charge is 0.324 e. The minimum Gasteiger partial charge on any atom is -0.324 e. The molecule has 0 aromatic heterocycles. The molecule has 3 N–H and O–H groups in total. The molecular weight excluding hydrogens is 338 g/mol. The van der Waals surface area contributed by atoms with Crippen molar-refractivity contribution in [3.05, 3.63) is 28.0 Å². The van der Waals surface area contributed by atoms with Crippen molar-refractivity contribution in [1.29, 1.82) is 0 Å². The number of nitrogens with one attached hydrogen (secondary N) is 1. The summed E-state index contributed by atoms with van der Waals surface area (Å²) in [6, 6.07) is 2.34. The van der Waals surface area contributed by atoms with Crippen molar-refractivity contribution in [3.63, 3.8) is 0 Å². The van der Waals surface area contributed by atoms with Gasteiger partial charge in [-0.3, -0.25) is 0 Å². The summed E-state index contributed by atoms with van der Waals surface area (Å²) in [7, 11) is -3.93. The van der Waals surface area contributed by atoms with Gasteiger partial charge in [-0.25, -0.2) is 17.5 Å². The standard InChI is InChI=1S/C13H17Cl2FN2O2S/c14-9-4-5-10(11(15)12(9)16)21(19,20)18-8-13(17)6-2-1-3-7-13/h4-5,18H,1-3,6-8,17H2. The maximum absolute atomic E-state index is 13.6. The van der Waals surface area contributed by atoms with Gasteiger partial charge in [0.25, 0.3) is 0 Å². The third kappa shape index (κ3) is 3.87. The van der Waals surface area contributed by atoms with Gasteiger partial charge in [0.1, 0.15) is 4.90 Å². The van der Waals surface area contributed by atoms with E-state index in [1.54, 1.807) is 0 Å². The van der Waals surface area contributed by atoms with Gasteiger partial charge in [-0.15, -0.1) is 0 Å². The average molecular weight is 355 g/mol. The van der Waals surface area contributed by atoms with Crippen LogP contribution in [0.15, 0.2) is 17.0 Å². The Morgan fingerprint density at radius 1 is 1.24 bits per heavy atom. The highest BCUT2D eigenvalue weighted by Crippen LogP contribution is 2.30. The van der Waals surface area contributed by atoms with Crippen molar-refractivity contribution >= 4 is 33.2 Å². The van der Waals surface area contributed by atoms with Gasteiger partial charge < -0.3 is 5.73 Å². The molecule has 118 valence electrons. The predicted octanol–water partition coefficient (Wildman–Crippen LogP) is 3.07. The van der Waals surface area contributed by atoms with Gasteiger partial charge in [0.2, 0.25) is 10.0 Å². The van der Waals surface area contributed by atoms with Crippen LogP contribution in [0.4, 0.5) is 4.39 Å². The molecule has 0 unspecified atom stereocenters. The Labute approximate surface area is 133 Å². The highest BCUT2D eigenvalue weighted by atomic mass is 35.5.